The van der Waals surface area contributed by atoms with Crippen LogP contribution in [0.25, 0.3) is 0 Å². The number of benzene rings is 1. The van der Waals surface area contributed by atoms with Crippen molar-refractivity contribution in [2.24, 2.45) is 5.73 Å². The maximum atomic E-state index is 12.3. The van der Waals surface area contributed by atoms with Gasteiger partial charge in [-0.3, -0.25) is 14.8 Å². The van der Waals surface area contributed by atoms with Crippen LogP contribution < -0.4 is 21.8 Å². The van der Waals surface area contributed by atoms with Gasteiger partial charge in [0.05, 0.1) is 0 Å². The second-order valence-electron chi connectivity index (χ2n) is 5.96. The molecule has 0 radical (unpaired) electrons. The van der Waals surface area contributed by atoms with Gasteiger partial charge in [0, 0.05) is 23.3 Å². The molecule has 25 heavy (non-hydrogen) atoms. The van der Waals surface area contributed by atoms with Crippen molar-refractivity contribution in [1.29, 1.82) is 0 Å². The Morgan fingerprint density at radius 1 is 1.32 bits per heavy atom. The van der Waals surface area contributed by atoms with Gasteiger partial charge in [0.2, 0.25) is 0 Å². The fourth-order valence-corrected chi connectivity index (χ4v) is 1.99. The summed E-state index contributed by atoms with van der Waals surface area (Å²) < 4.78 is 0. The first-order valence-corrected chi connectivity index (χ1v) is 7.74. The summed E-state index contributed by atoms with van der Waals surface area (Å²) in [5.41, 5.74) is 7.57. The lowest BCUT2D eigenvalue weighted by molar-refractivity contribution is -0.132. The first-order valence-electron chi connectivity index (χ1n) is 7.74. The summed E-state index contributed by atoms with van der Waals surface area (Å²) in [6.45, 7) is 5.54. The van der Waals surface area contributed by atoms with Crippen LogP contribution in [0.5, 0.6) is 0 Å². The number of hydroxylamine groups is 1. The molecule has 0 aliphatic heterocycles. The summed E-state index contributed by atoms with van der Waals surface area (Å²) in [6.07, 6.45) is 3.65. The number of carbonyl (C=O) groups is 2. The van der Waals surface area contributed by atoms with Gasteiger partial charge in [-0.25, -0.2) is 5.48 Å². The molecule has 1 aromatic rings. The Morgan fingerprint density at radius 2 is 1.96 bits per heavy atom. The highest BCUT2D eigenvalue weighted by Crippen LogP contribution is 2.11. The van der Waals surface area contributed by atoms with Gasteiger partial charge in [0.15, 0.2) is 0 Å². The second-order valence-corrected chi connectivity index (χ2v) is 5.96. The van der Waals surface area contributed by atoms with Crippen LogP contribution >= 0.6 is 0 Å². The van der Waals surface area contributed by atoms with Crippen LogP contribution in [-0.4, -0.2) is 35.1 Å². The largest absolute Gasteiger partial charge is 0.382 e. The molecule has 0 bridgehead atoms. The molecule has 0 aliphatic carbocycles. The Bertz CT molecular complexity index is 679. The molecule has 0 spiro atoms. The number of amides is 2. The first kappa shape index (κ1) is 20.2. The van der Waals surface area contributed by atoms with Crippen molar-refractivity contribution in [2.75, 3.05) is 11.9 Å². The summed E-state index contributed by atoms with van der Waals surface area (Å²) in [6, 6.07) is 5.69. The molecule has 0 unspecified atom stereocenters. The van der Waals surface area contributed by atoms with Crippen molar-refractivity contribution >= 4 is 17.5 Å². The van der Waals surface area contributed by atoms with Crippen molar-refractivity contribution in [3.05, 3.63) is 42.0 Å². The van der Waals surface area contributed by atoms with Gasteiger partial charge in [-0.1, -0.05) is 12.0 Å². The monoisotopic (exact) mass is 344 g/mol. The van der Waals surface area contributed by atoms with Crippen LogP contribution in [0.1, 0.15) is 31.1 Å². The third-order valence-corrected chi connectivity index (χ3v) is 3.31. The number of nitrogens with one attached hydrogen (secondary N) is 3. The zero-order chi connectivity index (χ0) is 18.9. The molecule has 2 amide bonds. The first-order chi connectivity index (χ1) is 11.8. The number of carbonyl (C=O) groups excluding carboxylic acids is 2. The number of nitrogens with two attached hydrogens (primary N) is 1. The van der Waals surface area contributed by atoms with Gasteiger partial charge in [0.25, 0.3) is 11.8 Å². The van der Waals surface area contributed by atoms with Crippen molar-refractivity contribution in [3.8, 4) is 11.8 Å². The van der Waals surface area contributed by atoms with E-state index in [1.807, 2.05) is 6.08 Å². The van der Waals surface area contributed by atoms with Crippen LogP contribution in [0.4, 0.5) is 5.69 Å². The smallest absolute Gasteiger partial charge is 0.267 e. The predicted octanol–water partition coefficient (Wildman–Crippen LogP) is 1.02. The van der Waals surface area contributed by atoms with Gasteiger partial charge in [-0.05, 0) is 51.1 Å². The maximum absolute atomic E-state index is 12.3. The predicted molar refractivity (Wildman–Crippen MR) is 97.0 cm³/mol. The quantitative estimate of drug-likeness (QED) is 0.288. The van der Waals surface area contributed by atoms with Gasteiger partial charge < -0.3 is 16.4 Å². The lowest BCUT2D eigenvalue weighted by Crippen LogP contribution is -2.61. The van der Waals surface area contributed by atoms with Crippen molar-refractivity contribution in [1.82, 2.24) is 10.8 Å². The zero-order valence-corrected chi connectivity index (χ0v) is 14.6. The summed E-state index contributed by atoms with van der Waals surface area (Å²) in [5, 5.41) is 14.5. The van der Waals surface area contributed by atoms with E-state index in [1.54, 1.807) is 51.1 Å². The van der Waals surface area contributed by atoms with E-state index in [0.29, 0.717) is 12.1 Å². The van der Waals surface area contributed by atoms with Crippen LogP contribution in [0.3, 0.4) is 0 Å². The fourth-order valence-electron chi connectivity index (χ4n) is 1.99. The highest BCUT2D eigenvalue weighted by molar-refractivity contribution is 5.98. The average molecular weight is 344 g/mol. The van der Waals surface area contributed by atoms with E-state index in [2.05, 4.69) is 22.5 Å². The van der Waals surface area contributed by atoms with Gasteiger partial charge in [0.1, 0.15) is 6.04 Å². The highest BCUT2D eigenvalue weighted by atomic mass is 16.5. The number of allylic oxidation sites excluding steroid dienone is 1. The van der Waals surface area contributed by atoms with E-state index >= 15 is 0 Å². The fraction of sp³-hybridized carbons (Fsp3) is 0.333. The van der Waals surface area contributed by atoms with E-state index in [1.165, 1.54) is 5.48 Å². The van der Waals surface area contributed by atoms with Crippen LogP contribution in [0.2, 0.25) is 0 Å². The average Bonchev–Trinajstić information content (AvgIpc) is 2.58. The van der Waals surface area contributed by atoms with Gasteiger partial charge in [-0.15, -0.1) is 5.92 Å². The van der Waals surface area contributed by atoms with E-state index < -0.39 is 23.4 Å². The van der Waals surface area contributed by atoms with Crippen LogP contribution in [-0.2, 0) is 4.79 Å². The lowest BCUT2D eigenvalue weighted by Gasteiger charge is -2.29. The Kier molecular flexibility index (Phi) is 7.66. The molecule has 0 aromatic heterocycles. The van der Waals surface area contributed by atoms with E-state index in [9.17, 15) is 9.59 Å². The van der Waals surface area contributed by atoms with Crippen molar-refractivity contribution < 1.29 is 14.8 Å². The lowest BCUT2D eigenvalue weighted by atomic mass is 9.95. The molecule has 134 valence electrons. The van der Waals surface area contributed by atoms with Gasteiger partial charge in [-0.2, -0.15) is 0 Å². The molecule has 0 heterocycles. The van der Waals surface area contributed by atoms with Crippen molar-refractivity contribution in [3.63, 3.8) is 0 Å². The molecule has 0 saturated carbocycles. The minimum absolute atomic E-state index is 0.373. The van der Waals surface area contributed by atoms with E-state index in [4.69, 9.17) is 10.9 Å². The normalized spacial score (nSPS) is 12.0. The Balaban J connectivity index is 2.72. The van der Waals surface area contributed by atoms with Gasteiger partial charge >= 0.3 is 0 Å². The SMILES string of the molecule is CC#CC=CCNc1ccc(C(=O)N[C@H](C(=O)NO)C(C)(C)N)cc1. The number of hydrogen-bond acceptors (Lipinski definition) is 5. The van der Waals surface area contributed by atoms with Crippen LogP contribution in [0, 0.1) is 11.8 Å². The van der Waals surface area contributed by atoms with Crippen molar-refractivity contribution in [2.45, 2.75) is 32.4 Å². The molecule has 6 N–H and O–H groups in total. The molecule has 0 fully saturated rings. The summed E-state index contributed by atoms with van der Waals surface area (Å²) >= 11 is 0. The molecular weight excluding hydrogens is 320 g/mol. The minimum atomic E-state index is -1.08. The molecular formula is C18H24N4O3. The molecule has 7 nitrogen and oxygen atoms in total. The summed E-state index contributed by atoms with van der Waals surface area (Å²) in [5.74, 6) is 4.34. The molecule has 1 atom stereocenters. The standard InChI is InChI=1S/C18H24N4O3/c1-4-5-6-7-12-20-14-10-8-13(9-11-14)16(23)21-15(17(24)22-25)18(2,3)19/h6-11,15,20,25H,12,19H2,1-3H3,(H,21,23)(H,22,24)/t15-/m1/s1. The highest BCUT2D eigenvalue weighted by Gasteiger charge is 2.33. The third kappa shape index (κ3) is 6.67. The maximum Gasteiger partial charge on any atom is 0.267 e. The number of hydrogen-bond donors (Lipinski definition) is 5. The Labute approximate surface area is 147 Å². The summed E-state index contributed by atoms with van der Waals surface area (Å²) in [7, 11) is 0. The number of rotatable bonds is 7. The molecule has 1 rings (SSSR count). The van der Waals surface area contributed by atoms with E-state index in [0.717, 1.165) is 5.69 Å². The second kappa shape index (κ2) is 9.47. The van der Waals surface area contributed by atoms with Crippen LogP contribution in [0.15, 0.2) is 36.4 Å². The zero-order valence-electron chi connectivity index (χ0n) is 14.6. The Morgan fingerprint density at radius 3 is 2.48 bits per heavy atom. The molecule has 0 aliphatic rings. The molecule has 0 saturated heterocycles. The number of anilines is 1. The Hall–Kier alpha value is -2.82. The molecule has 7 heteroatoms. The minimum Gasteiger partial charge on any atom is -0.382 e. The molecule has 1 aromatic carbocycles. The summed E-state index contributed by atoms with van der Waals surface area (Å²) in [4.78, 5) is 24.0. The topological polar surface area (TPSA) is 116 Å². The third-order valence-electron chi connectivity index (χ3n) is 3.31. The van der Waals surface area contributed by atoms with E-state index in [-0.39, 0.29) is 0 Å².